The van der Waals surface area contributed by atoms with Gasteiger partial charge >= 0.3 is 12.1 Å². The number of hydrogen-bond donors (Lipinski definition) is 0. The van der Waals surface area contributed by atoms with Crippen LogP contribution in [0.15, 0.2) is 42.6 Å². The van der Waals surface area contributed by atoms with Gasteiger partial charge in [-0.2, -0.15) is 18.0 Å². The summed E-state index contributed by atoms with van der Waals surface area (Å²) < 4.78 is 48.9. The highest BCUT2D eigenvalue weighted by Gasteiger charge is 2.30. The van der Waals surface area contributed by atoms with Crippen molar-refractivity contribution >= 4 is 5.97 Å². The van der Waals surface area contributed by atoms with E-state index in [-0.39, 0.29) is 24.2 Å². The normalized spacial score (nSPS) is 12.9. The van der Waals surface area contributed by atoms with E-state index in [1.807, 2.05) is 27.7 Å². The van der Waals surface area contributed by atoms with Gasteiger partial charge in [0.1, 0.15) is 11.4 Å². The van der Waals surface area contributed by atoms with Crippen molar-refractivity contribution in [2.45, 2.75) is 52.4 Å². The maximum atomic E-state index is 12.7. The average Bonchev–Trinajstić information content (AvgIpc) is 3.14. The Morgan fingerprint density at radius 2 is 1.91 bits per heavy atom. The molecule has 0 fully saturated rings. The fourth-order valence-corrected chi connectivity index (χ4v) is 2.87. The first kappa shape index (κ1) is 24.1. The highest BCUT2D eigenvalue weighted by molar-refractivity contribution is 5.70. The molecule has 0 bridgehead atoms. The van der Waals surface area contributed by atoms with Gasteiger partial charge < -0.3 is 9.47 Å². The molecule has 3 rings (SSSR count). The number of nitrogens with zero attached hydrogens (tertiary/aromatic N) is 5. The average molecular weight is 463 g/mol. The molecule has 0 saturated heterocycles. The van der Waals surface area contributed by atoms with Gasteiger partial charge in [-0.15, -0.1) is 10.2 Å². The first-order valence-corrected chi connectivity index (χ1v) is 10.2. The molecule has 1 aromatic carbocycles. The molecule has 0 spiro atoms. The lowest BCUT2D eigenvalue weighted by Crippen LogP contribution is -2.25. The van der Waals surface area contributed by atoms with E-state index in [9.17, 15) is 18.0 Å². The van der Waals surface area contributed by atoms with Gasteiger partial charge in [-0.05, 0) is 50.1 Å². The van der Waals surface area contributed by atoms with Crippen LogP contribution in [0.25, 0.3) is 11.4 Å². The number of tetrazole rings is 1. The molecule has 8 nitrogen and oxygen atoms in total. The van der Waals surface area contributed by atoms with E-state index in [0.29, 0.717) is 29.9 Å². The topological polar surface area (TPSA) is 92.0 Å². The van der Waals surface area contributed by atoms with E-state index in [0.717, 1.165) is 12.1 Å². The molecule has 33 heavy (non-hydrogen) atoms. The predicted octanol–water partition coefficient (Wildman–Crippen LogP) is 4.91. The molecule has 0 aliphatic carbocycles. The standard InChI is InChI=1S/C22H24F3N5O3/c1-14(10-19(31)33-21(2,3)4)13-30-28-20(27-29-30)15-6-5-7-17(11-15)32-18-9-8-16(12-26-18)22(23,24)25/h5-9,11-12,14H,10,13H2,1-4H3/t14-/m1/s1. The number of carbonyl (C=O) groups excluding carboxylic acids is 1. The van der Waals surface area contributed by atoms with E-state index < -0.39 is 17.3 Å². The lowest BCUT2D eigenvalue weighted by molar-refractivity contribution is -0.156. The largest absolute Gasteiger partial charge is 0.460 e. The van der Waals surface area contributed by atoms with Crippen molar-refractivity contribution in [1.82, 2.24) is 25.2 Å². The Morgan fingerprint density at radius 1 is 1.15 bits per heavy atom. The number of halogens is 3. The third kappa shape index (κ3) is 7.26. The van der Waals surface area contributed by atoms with Crippen LogP contribution in [0.1, 0.15) is 39.7 Å². The van der Waals surface area contributed by atoms with Crippen molar-refractivity contribution in [3.05, 3.63) is 48.2 Å². The minimum absolute atomic E-state index is 0.0210. The summed E-state index contributed by atoms with van der Waals surface area (Å²) in [7, 11) is 0. The number of pyridine rings is 1. The first-order chi connectivity index (χ1) is 15.4. The van der Waals surface area contributed by atoms with Crippen molar-refractivity contribution < 1.29 is 27.4 Å². The molecule has 1 atom stereocenters. The van der Waals surface area contributed by atoms with E-state index in [2.05, 4.69) is 20.4 Å². The van der Waals surface area contributed by atoms with Gasteiger partial charge in [-0.3, -0.25) is 4.79 Å². The van der Waals surface area contributed by atoms with E-state index in [1.54, 1.807) is 24.3 Å². The molecule has 3 aromatic rings. The summed E-state index contributed by atoms with van der Waals surface area (Å²) in [5, 5.41) is 12.4. The van der Waals surface area contributed by atoms with E-state index in [4.69, 9.17) is 9.47 Å². The maximum absolute atomic E-state index is 12.7. The Kier molecular flexibility index (Phi) is 6.99. The van der Waals surface area contributed by atoms with Crippen LogP contribution in [0.3, 0.4) is 0 Å². The van der Waals surface area contributed by atoms with E-state index >= 15 is 0 Å². The molecule has 176 valence electrons. The van der Waals surface area contributed by atoms with Gasteiger partial charge in [0.15, 0.2) is 0 Å². The van der Waals surface area contributed by atoms with Gasteiger partial charge in [0.25, 0.3) is 0 Å². The summed E-state index contributed by atoms with van der Waals surface area (Å²) >= 11 is 0. The Morgan fingerprint density at radius 3 is 2.55 bits per heavy atom. The lowest BCUT2D eigenvalue weighted by atomic mass is 10.1. The molecular formula is C22H24F3N5O3. The number of hydrogen-bond acceptors (Lipinski definition) is 7. The third-order valence-corrected chi connectivity index (χ3v) is 4.24. The summed E-state index contributed by atoms with van der Waals surface area (Å²) in [5.41, 5.74) is -0.797. The quantitative estimate of drug-likeness (QED) is 0.460. The van der Waals surface area contributed by atoms with Crippen LogP contribution in [-0.2, 0) is 22.3 Å². The number of alkyl halides is 3. The molecule has 0 N–H and O–H groups in total. The monoisotopic (exact) mass is 463 g/mol. The molecule has 0 saturated carbocycles. The predicted molar refractivity (Wildman–Crippen MR) is 112 cm³/mol. The van der Waals surface area contributed by atoms with Gasteiger partial charge in [0.05, 0.1) is 12.1 Å². The lowest BCUT2D eigenvalue weighted by Gasteiger charge is -2.20. The molecule has 0 amide bonds. The summed E-state index contributed by atoms with van der Waals surface area (Å²) in [6.45, 7) is 7.70. The number of esters is 1. The number of aromatic nitrogens is 5. The number of ether oxygens (including phenoxy) is 2. The fraction of sp³-hybridized carbons (Fsp3) is 0.409. The summed E-state index contributed by atoms with van der Waals surface area (Å²) in [6.07, 6.45) is -3.53. The molecule has 0 unspecified atom stereocenters. The number of carbonyl (C=O) groups is 1. The third-order valence-electron chi connectivity index (χ3n) is 4.24. The van der Waals surface area contributed by atoms with Crippen molar-refractivity contribution in [2.75, 3.05) is 0 Å². The Balaban J connectivity index is 1.63. The second kappa shape index (κ2) is 9.55. The second-order valence-corrected chi connectivity index (χ2v) is 8.58. The van der Waals surface area contributed by atoms with Crippen LogP contribution in [-0.4, -0.2) is 36.8 Å². The SMILES string of the molecule is C[C@H](CC(=O)OC(C)(C)C)Cn1nnc(-c2cccc(Oc3ccc(C(F)(F)F)cn3)c2)n1. The molecule has 0 radical (unpaired) electrons. The highest BCUT2D eigenvalue weighted by Crippen LogP contribution is 2.30. The minimum Gasteiger partial charge on any atom is -0.460 e. The second-order valence-electron chi connectivity index (χ2n) is 8.58. The fourth-order valence-electron chi connectivity index (χ4n) is 2.87. The molecule has 11 heteroatoms. The highest BCUT2D eigenvalue weighted by atomic mass is 19.4. The molecule has 0 aliphatic rings. The molecule has 2 heterocycles. The van der Waals surface area contributed by atoms with Crippen molar-refractivity contribution in [1.29, 1.82) is 0 Å². The maximum Gasteiger partial charge on any atom is 0.417 e. The van der Waals surface area contributed by atoms with Crippen LogP contribution in [0.4, 0.5) is 13.2 Å². The summed E-state index contributed by atoms with van der Waals surface area (Å²) in [6, 6.07) is 8.76. The zero-order valence-electron chi connectivity index (χ0n) is 18.6. The Labute approximate surface area is 188 Å². The zero-order chi connectivity index (χ0) is 24.2. The minimum atomic E-state index is -4.46. The number of rotatable bonds is 7. The van der Waals surface area contributed by atoms with Gasteiger partial charge in [0, 0.05) is 24.2 Å². The first-order valence-electron chi connectivity index (χ1n) is 10.2. The summed E-state index contributed by atoms with van der Waals surface area (Å²) in [5.74, 6) is 0.354. The van der Waals surface area contributed by atoms with Crippen LogP contribution < -0.4 is 4.74 Å². The Hall–Kier alpha value is -3.50. The zero-order valence-corrected chi connectivity index (χ0v) is 18.6. The molecule has 0 aliphatic heterocycles. The van der Waals surface area contributed by atoms with E-state index in [1.165, 1.54) is 4.80 Å². The molecular weight excluding hydrogens is 439 g/mol. The number of benzene rings is 1. The smallest absolute Gasteiger partial charge is 0.417 e. The van der Waals surface area contributed by atoms with Crippen LogP contribution in [0, 0.1) is 5.92 Å². The Bertz CT molecular complexity index is 1090. The van der Waals surface area contributed by atoms with Gasteiger partial charge in [-0.1, -0.05) is 19.1 Å². The molecule has 2 aromatic heterocycles. The van der Waals surface area contributed by atoms with Crippen molar-refractivity contribution in [3.8, 4) is 23.0 Å². The van der Waals surface area contributed by atoms with Crippen LogP contribution in [0.2, 0.25) is 0 Å². The summed E-state index contributed by atoms with van der Waals surface area (Å²) in [4.78, 5) is 17.1. The van der Waals surface area contributed by atoms with Crippen molar-refractivity contribution in [2.24, 2.45) is 5.92 Å². The van der Waals surface area contributed by atoms with Gasteiger partial charge in [-0.25, -0.2) is 4.98 Å². The van der Waals surface area contributed by atoms with Gasteiger partial charge in [0.2, 0.25) is 11.7 Å². The van der Waals surface area contributed by atoms with Crippen molar-refractivity contribution in [3.63, 3.8) is 0 Å². The van der Waals surface area contributed by atoms with Crippen LogP contribution in [0.5, 0.6) is 11.6 Å². The van der Waals surface area contributed by atoms with Crippen LogP contribution >= 0.6 is 0 Å².